The molecule has 0 aromatic heterocycles. The van der Waals surface area contributed by atoms with E-state index in [1.165, 1.54) is 94.1 Å². The zero-order valence-corrected chi connectivity index (χ0v) is 30.8. The molecule has 7 rings (SSSR count). The van der Waals surface area contributed by atoms with Crippen LogP contribution in [0.25, 0.3) is 0 Å². The molecule has 0 saturated carbocycles. The Hall–Kier alpha value is -7.68. The predicted octanol–water partition coefficient (Wildman–Crippen LogP) is 9.90. The van der Waals surface area contributed by atoms with Gasteiger partial charge >= 0.3 is 0 Å². The summed E-state index contributed by atoms with van der Waals surface area (Å²) in [5, 5.41) is 33.8. The van der Waals surface area contributed by atoms with E-state index in [1.807, 2.05) is 36.4 Å². The van der Waals surface area contributed by atoms with E-state index in [-0.39, 0.29) is 17.1 Å². The van der Waals surface area contributed by atoms with E-state index in [4.69, 9.17) is 28.4 Å². The van der Waals surface area contributed by atoms with Gasteiger partial charge in [-0.3, -0.25) is 30.3 Å². The molecule has 6 aromatic rings. The Bertz CT molecular complexity index is 2230. The van der Waals surface area contributed by atoms with Gasteiger partial charge in [0.15, 0.2) is 34.5 Å². The van der Waals surface area contributed by atoms with Crippen LogP contribution >= 0.6 is 0 Å². The van der Waals surface area contributed by atoms with Crippen LogP contribution in [-0.4, -0.2) is 36.1 Å². The van der Waals surface area contributed by atoms with Crippen LogP contribution in [0.5, 0.6) is 51.7 Å². The molecule has 1 aliphatic rings. The van der Waals surface area contributed by atoms with Gasteiger partial charge in [-0.2, -0.15) is 0 Å². The topological polar surface area (TPSA) is 185 Å². The minimum atomic E-state index is -0.484. The van der Waals surface area contributed by atoms with Crippen LogP contribution in [0.1, 0.15) is 33.4 Å². The molecule has 15 nitrogen and oxygen atoms in total. The molecule has 0 fully saturated rings. The molecule has 6 aromatic carbocycles. The van der Waals surface area contributed by atoms with Gasteiger partial charge in [0.1, 0.15) is 17.2 Å². The summed E-state index contributed by atoms with van der Waals surface area (Å²) < 4.78 is 36.1. The van der Waals surface area contributed by atoms with E-state index in [0.29, 0.717) is 71.0 Å². The molecule has 0 heterocycles. The van der Waals surface area contributed by atoms with Crippen molar-refractivity contribution in [1.29, 1.82) is 0 Å². The Labute approximate surface area is 325 Å². The van der Waals surface area contributed by atoms with Gasteiger partial charge in [0, 0.05) is 36.4 Å². The number of hydrogen-bond donors (Lipinski definition) is 0. The zero-order chi connectivity index (χ0) is 40.2. The van der Waals surface area contributed by atoms with Crippen LogP contribution in [0.4, 0.5) is 17.1 Å². The smallest absolute Gasteiger partial charge is 0.269 e. The number of nitro benzene ring substituents is 3. The van der Waals surface area contributed by atoms with Crippen molar-refractivity contribution in [3.05, 3.63) is 173 Å². The van der Waals surface area contributed by atoms with E-state index < -0.39 is 14.8 Å². The Balaban J connectivity index is 1.35. The van der Waals surface area contributed by atoms with E-state index in [0.717, 1.165) is 33.4 Å². The van der Waals surface area contributed by atoms with Gasteiger partial charge < -0.3 is 28.4 Å². The lowest BCUT2D eigenvalue weighted by Crippen LogP contribution is -2.02. The van der Waals surface area contributed by atoms with Crippen molar-refractivity contribution in [3.8, 4) is 51.7 Å². The Kier molecular flexibility index (Phi) is 10.5. The highest BCUT2D eigenvalue weighted by Crippen LogP contribution is 2.43. The molecule has 0 bridgehead atoms. The Morgan fingerprint density at radius 3 is 0.772 bits per heavy atom. The summed E-state index contributed by atoms with van der Waals surface area (Å²) in [6.45, 7) is 0. The molecule has 0 radical (unpaired) electrons. The van der Waals surface area contributed by atoms with Crippen molar-refractivity contribution in [2.45, 2.75) is 19.3 Å². The number of hydrogen-bond acceptors (Lipinski definition) is 12. The summed E-state index contributed by atoms with van der Waals surface area (Å²) in [4.78, 5) is 32.3. The summed E-state index contributed by atoms with van der Waals surface area (Å²) in [7, 11) is 4.59. The Morgan fingerprint density at radius 1 is 0.368 bits per heavy atom. The third-order valence-corrected chi connectivity index (χ3v) is 9.43. The fraction of sp³-hybridized carbons (Fsp3) is 0.143. The van der Waals surface area contributed by atoms with Crippen molar-refractivity contribution in [2.24, 2.45) is 0 Å². The summed E-state index contributed by atoms with van der Waals surface area (Å²) in [5.74, 6) is 3.64. The lowest BCUT2D eigenvalue weighted by atomic mass is 9.94. The standard InChI is InChI=1S/C42H33N3O12/c1-52-37-19-25-16-29-23-41(56-35-12-6-32(7-13-35)44(48)49)39(54-3)21-27(29)18-30-24-42(57-36-14-8-33(9-15-36)45(50)51)38(53-2)20-26(30)17-28(25)22-40(37)55-34-10-4-31(5-11-34)43(46)47/h4-15,19-24H,16-18H2,1-3H3. The molecule has 0 saturated heterocycles. The number of benzene rings is 6. The summed E-state index contributed by atoms with van der Waals surface area (Å²) >= 11 is 0. The van der Waals surface area contributed by atoms with Gasteiger partial charge in [0.25, 0.3) is 17.1 Å². The molecule has 0 atom stereocenters. The molecule has 15 heteroatoms. The zero-order valence-electron chi connectivity index (χ0n) is 30.8. The molecular formula is C42H33N3O12. The van der Waals surface area contributed by atoms with E-state index >= 15 is 0 Å². The lowest BCUT2D eigenvalue weighted by molar-refractivity contribution is -0.385. The molecule has 288 valence electrons. The first-order valence-electron chi connectivity index (χ1n) is 17.4. The third-order valence-electron chi connectivity index (χ3n) is 9.43. The number of rotatable bonds is 12. The molecule has 1 aliphatic carbocycles. The third kappa shape index (κ3) is 8.22. The van der Waals surface area contributed by atoms with Crippen molar-refractivity contribution in [2.75, 3.05) is 21.3 Å². The second-order valence-corrected chi connectivity index (χ2v) is 12.9. The number of methoxy groups -OCH3 is 3. The second-order valence-electron chi connectivity index (χ2n) is 12.9. The maximum absolute atomic E-state index is 11.3. The summed E-state index contributed by atoms with van der Waals surface area (Å²) in [5.41, 5.74) is 5.19. The minimum Gasteiger partial charge on any atom is -0.493 e. The van der Waals surface area contributed by atoms with Crippen molar-refractivity contribution in [3.63, 3.8) is 0 Å². The highest BCUT2D eigenvalue weighted by atomic mass is 16.6. The first-order chi connectivity index (χ1) is 27.5. The minimum absolute atomic E-state index is 0.0709. The van der Waals surface area contributed by atoms with Gasteiger partial charge in [-0.05, 0) is 125 Å². The van der Waals surface area contributed by atoms with Crippen LogP contribution < -0.4 is 28.4 Å². The quantitative estimate of drug-likeness (QED) is 0.0847. The summed E-state index contributed by atoms with van der Waals surface area (Å²) in [6, 6.07) is 28.6. The maximum atomic E-state index is 11.3. The van der Waals surface area contributed by atoms with Crippen molar-refractivity contribution >= 4 is 17.1 Å². The molecule has 57 heavy (non-hydrogen) atoms. The van der Waals surface area contributed by atoms with Gasteiger partial charge in [-0.15, -0.1) is 0 Å². The molecule has 0 N–H and O–H groups in total. The lowest BCUT2D eigenvalue weighted by Gasteiger charge is -2.18. The number of ether oxygens (including phenoxy) is 6. The number of fused-ring (bicyclic) bond motifs is 3. The van der Waals surface area contributed by atoms with Crippen LogP contribution in [-0.2, 0) is 19.3 Å². The van der Waals surface area contributed by atoms with Crippen molar-refractivity contribution in [1.82, 2.24) is 0 Å². The summed E-state index contributed by atoms with van der Waals surface area (Å²) in [6.07, 6.45) is 1.28. The van der Waals surface area contributed by atoms with E-state index in [2.05, 4.69) is 0 Å². The Morgan fingerprint density at radius 2 is 0.579 bits per heavy atom. The monoisotopic (exact) mass is 771 g/mol. The first kappa shape index (κ1) is 37.6. The largest absolute Gasteiger partial charge is 0.493 e. The molecular weight excluding hydrogens is 738 g/mol. The normalized spacial score (nSPS) is 11.6. The molecule has 0 unspecified atom stereocenters. The SMILES string of the molecule is COc1cc2c(cc1Oc1ccc([N+](=O)[O-])cc1)Cc1cc(OC)c(Oc3ccc([N+](=O)[O-])cc3)cc1Cc1cc(OC)c(Oc3ccc([N+](=O)[O-])cc3)cc1C2. The van der Waals surface area contributed by atoms with Crippen LogP contribution in [0.2, 0.25) is 0 Å². The van der Waals surface area contributed by atoms with Gasteiger partial charge in [-0.1, -0.05) is 0 Å². The van der Waals surface area contributed by atoms with Crippen LogP contribution in [0.3, 0.4) is 0 Å². The molecule has 0 amide bonds. The van der Waals surface area contributed by atoms with Crippen molar-refractivity contribution < 1.29 is 43.2 Å². The first-order valence-corrected chi connectivity index (χ1v) is 17.4. The molecule has 0 aliphatic heterocycles. The van der Waals surface area contributed by atoms with Gasteiger partial charge in [0.2, 0.25) is 0 Å². The average Bonchev–Trinajstić information content (AvgIpc) is 3.26. The second kappa shape index (κ2) is 16.0. The fourth-order valence-corrected chi connectivity index (χ4v) is 6.54. The van der Waals surface area contributed by atoms with Crippen LogP contribution in [0, 0.1) is 30.3 Å². The highest BCUT2D eigenvalue weighted by Gasteiger charge is 2.24. The number of nitro groups is 3. The highest BCUT2D eigenvalue weighted by molar-refractivity contribution is 5.59. The number of non-ortho nitro benzene ring substituents is 3. The van der Waals surface area contributed by atoms with E-state index in [1.54, 1.807) is 0 Å². The fourth-order valence-electron chi connectivity index (χ4n) is 6.54. The van der Waals surface area contributed by atoms with Gasteiger partial charge in [-0.25, -0.2) is 0 Å². The van der Waals surface area contributed by atoms with Gasteiger partial charge in [0.05, 0.1) is 36.1 Å². The van der Waals surface area contributed by atoms with E-state index in [9.17, 15) is 30.3 Å². The maximum Gasteiger partial charge on any atom is 0.269 e. The predicted molar refractivity (Wildman–Crippen MR) is 207 cm³/mol. The van der Waals surface area contributed by atoms with Crippen LogP contribution in [0.15, 0.2) is 109 Å². The average molecular weight is 772 g/mol. The molecule has 0 spiro atoms. The number of nitrogens with zero attached hydrogens (tertiary/aromatic N) is 3.